The molecular formula is C15H18N2O2. The SMILES string of the molecule is COC(=O)c1ccc(CNc2cccc(C)c2C)[nH]1. The first-order chi connectivity index (χ1) is 9.11. The van der Waals surface area contributed by atoms with E-state index in [2.05, 4.69) is 35.0 Å². The molecule has 0 aliphatic carbocycles. The van der Waals surface area contributed by atoms with E-state index in [-0.39, 0.29) is 5.97 Å². The first-order valence-electron chi connectivity index (χ1n) is 6.18. The van der Waals surface area contributed by atoms with Gasteiger partial charge in [0.1, 0.15) is 5.69 Å². The van der Waals surface area contributed by atoms with Crippen LogP contribution in [0.4, 0.5) is 5.69 Å². The maximum Gasteiger partial charge on any atom is 0.354 e. The summed E-state index contributed by atoms with van der Waals surface area (Å²) < 4.78 is 4.66. The van der Waals surface area contributed by atoms with Crippen molar-refractivity contribution in [3.8, 4) is 0 Å². The normalized spacial score (nSPS) is 10.3. The number of benzene rings is 1. The van der Waals surface area contributed by atoms with Crippen molar-refractivity contribution in [1.29, 1.82) is 0 Å². The largest absolute Gasteiger partial charge is 0.464 e. The van der Waals surface area contributed by atoms with Gasteiger partial charge in [0.05, 0.1) is 13.7 Å². The van der Waals surface area contributed by atoms with Gasteiger partial charge in [-0.25, -0.2) is 4.79 Å². The van der Waals surface area contributed by atoms with Crippen molar-refractivity contribution in [3.63, 3.8) is 0 Å². The van der Waals surface area contributed by atoms with Gasteiger partial charge < -0.3 is 15.0 Å². The fourth-order valence-corrected chi connectivity index (χ4v) is 1.91. The van der Waals surface area contributed by atoms with Crippen molar-refractivity contribution in [1.82, 2.24) is 4.98 Å². The molecule has 100 valence electrons. The number of anilines is 1. The Bertz CT molecular complexity index is 588. The number of ether oxygens (including phenoxy) is 1. The molecule has 0 spiro atoms. The summed E-state index contributed by atoms with van der Waals surface area (Å²) in [6.45, 7) is 4.82. The molecule has 0 amide bonds. The molecule has 0 atom stereocenters. The van der Waals surface area contributed by atoms with Gasteiger partial charge in [-0.05, 0) is 43.2 Å². The van der Waals surface area contributed by atoms with Crippen LogP contribution in [0, 0.1) is 13.8 Å². The third-order valence-corrected chi connectivity index (χ3v) is 3.23. The second-order valence-electron chi connectivity index (χ2n) is 4.49. The Morgan fingerprint density at radius 2 is 2.05 bits per heavy atom. The van der Waals surface area contributed by atoms with Gasteiger partial charge in [0, 0.05) is 11.4 Å². The van der Waals surface area contributed by atoms with Gasteiger partial charge in [0.15, 0.2) is 0 Å². The molecule has 0 saturated carbocycles. The van der Waals surface area contributed by atoms with Crippen molar-refractivity contribution in [2.24, 2.45) is 0 Å². The minimum atomic E-state index is -0.349. The predicted octanol–water partition coefficient (Wildman–Crippen LogP) is 3.03. The molecule has 1 heterocycles. The molecule has 4 nitrogen and oxygen atoms in total. The Hall–Kier alpha value is -2.23. The molecule has 0 radical (unpaired) electrons. The van der Waals surface area contributed by atoms with E-state index in [4.69, 9.17) is 0 Å². The fourth-order valence-electron chi connectivity index (χ4n) is 1.91. The summed E-state index contributed by atoms with van der Waals surface area (Å²) in [5.74, 6) is -0.349. The standard InChI is InChI=1S/C15H18N2O2/c1-10-5-4-6-13(11(10)2)16-9-12-7-8-14(17-12)15(18)19-3/h4-8,16-17H,9H2,1-3H3. The Morgan fingerprint density at radius 1 is 1.26 bits per heavy atom. The van der Waals surface area contributed by atoms with Gasteiger partial charge in [-0.1, -0.05) is 12.1 Å². The Morgan fingerprint density at radius 3 is 2.79 bits per heavy atom. The molecule has 2 aromatic rings. The second-order valence-corrected chi connectivity index (χ2v) is 4.49. The summed E-state index contributed by atoms with van der Waals surface area (Å²) in [5, 5.41) is 3.36. The predicted molar refractivity (Wildman–Crippen MR) is 75.4 cm³/mol. The van der Waals surface area contributed by atoms with Gasteiger partial charge in [-0.3, -0.25) is 0 Å². The molecule has 4 heteroatoms. The molecule has 0 saturated heterocycles. The second kappa shape index (κ2) is 5.61. The van der Waals surface area contributed by atoms with Crippen molar-refractivity contribution in [2.75, 3.05) is 12.4 Å². The number of carbonyl (C=O) groups is 1. The van der Waals surface area contributed by atoms with Gasteiger partial charge in [-0.15, -0.1) is 0 Å². The monoisotopic (exact) mass is 258 g/mol. The van der Waals surface area contributed by atoms with Crippen molar-refractivity contribution < 1.29 is 9.53 Å². The van der Waals surface area contributed by atoms with Crippen molar-refractivity contribution in [2.45, 2.75) is 20.4 Å². The highest BCUT2D eigenvalue weighted by molar-refractivity contribution is 5.87. The van der Waals surface area contributed by atoms with E-state index < -0.39 is 0 Å². The zero-order valence-electron chi connectivity index (χ0n) is 11.4. The molecule has 2 rings (SSSR count). The zero-order chi connectivity index (χ0) is 13.8. The highest BCUT2D eigenvalue weighted by atomic mass is 16.5. The summed E-state index contributed by atoms with van der Waals surface area (Å²) >= 11 is 0. The first-order valence-corrected chi connectivity index (χ1v) is 6.18. The van der Waals surface area contributed by atoms with Crippen molar-refractivity contribution >= 4 is 11.7 Å². The third kappa shape index (κ3) is 2.96. The van der Waals surface area contributed by atoms with Gasteiger partial charge >= 0.3 is 5.97 Å². The van der Waals surface area contributed by atoms with Crippen LogP contribution in [0.3, 0.4) is 0 Å². The Balaban J connectivity index is 2.04. The molecule has 1 aromatic heterocycles. The van der Waals surface area contributed by atoms with Crippen LogP contribution in [-0.4, -0.2) is 18.1 Å². The Kier molecular flexibility index (Phi) is 3.90. The quantitative estimate of drug-likeness (QED) is 0.829. The van der Waals surface area contributed by atoms with Crippen LogP contribution in [0.2, 0.25) is 0 Å². The minimum Gasteiger partial charge on any atom is -0.464 e. The lowest BCUT2D eigenvalue weighted by molar-refractivity contribution is 0.0594. The average molecular weight is 258 g/mol. The van der Waals surface area contributed by atoms with E-state index >= 15 is 0 Å². The van der Waals surface area contributed by atoms with Gasteiger partial charge in [0.2, 0.25) is 0 Å². The lowest BCUT2D eigenvalue weighted by Gasteiger charge is -2.10. The lowest BCUT2D eigenvalue weighted by atomic mass is 10.1. The first kappa shape index (κ1) is 13.2. The van der Waals surface area contributed by atoms with Gasteiger partial charge in [-0.2, -0.15) is 0 Å². The number of hydrogen-bond donors (Lipinski definition) is 2. The molecule has 1 aromatic carbocycles. The van der Waals surface area contributed by atoms with Crippen LogP contribution in [0.5, 0.6) is 0 Å². The third-order valence-electron chi connectivity index (χ3n) is 3.23. The lowest BCUT2D eigenvalue weighted by Crippen LogP contribution is -2.04. The van der Waals surface area contributed by atoms with Crippen LogP contribution < -0.4 is 5.32 Å². The number of esters is 1. The molecule has 19 heavy (non-hydrogen) atoms. The molecule has 0 bridgehead atoms. The van der Waals surface area contributed by atoms with E-state index in [1.54, 1.807) is 6.07 Å². The number of hydrogen-bond acceptors (Lipinski definition) is 3. The minimum absolute atomic E-state index is 0.349. The average Bonchev–Trinajstić information content (AvgIpc) is 2.88. The van der Waals surface area contributed by atoms with Crippen molar-refractivity contribution in [3.05, 3.63) is 52.8 Å². The van der Waals surface area contributed by atoms with Crippen LogP contribution in [0.25, 0.3) is 0 Å². The number of aromatic amines is 1. The van der Waals surface area contributed by atoms with E-state index in [0.29, 0.717) is 12.2 Å². The maximum absolute atomic E-state index is 11.3. The van der Waals surface area contributed by atoms with Gasteiger partial charge in [0.25, 0.3) is 0 Å². The summed E-state index contributed by atoms with van der Waals surface area (Å²) in [7, 11) is 1.37. The van der Waals surface area contributed by atoms with E-state index in [1.165, 1.54) is 18.2 Å². The number of methoxy groups -OCH3 is 1. The number of aromatic nitrogens is 1. The summed E-state index contributed by atoms with van der Waals surface area (Å²) in [6.07, 6.45) is 0. The van der Waals surface area contributed by atoms with E-state index in [0.717, 1.165) is 11.4 Å². The highest BCUT2D eigenvalue weighted by Gasteiger charge is 2.08. The summed E-state index contributed by atoms with van der Waals surface area (Å²) in [5.41, 5.74) is 5.02. The van der Waals surface area contributed by atoms with Crippen LogP contribution >= 0.6 is 0 Å². The molecule has 0 fully saturated rings. The fraction of sp³-hybridized carbons (Fsp3) is 0.267. The highest BCUT2D eigenvalue weighted by Crippen LogP contribution is 2.18. The van der Waals surface area contributed by atoms with E-state index in [9.17, 15) is 4.79 Å². The number of rotatable bonds is 4. The summed E-state index contributed by atoms with van der Waals surface area (Å²) in [4.78, 5) is 14.4. The molecular weight excluding hydrogens is 240 g/mol. The van der Waals surface area contributed by atoms with Crippen LogP contribution in [-0.2, 0) is 11.3 Å². The van der Waals surface area contributed by atoms with Crippen LogP contribution in [0.1, 0.15) is 27.3 Å². The number of aryl methyl sites for hydroxylation is 1. The molecule has 0 unspecified atom stereocenters. The maximum atomic E-state index is 11.3. The van der Waals surface area contributed by atoms with E-state index in [1.807, 2.05) is 18.2 Å². The zero-order valence-corrected chi connectivity index (χ0v) is 11.4. The van der Waals surface area contributed by atoms with Crippen LogP contribution in [0.15, 0.2) is 30.3 Å². The molecule has 2 N–H and O–H groups in total. The topological polar surface area (TPSA) is 54.1 Å². The Labute approximate surface area is 112 Å². The smallest absolute Gasteiger partial charge is 0.354 e. The summed E-state index contributed by atoms with van der Waals surface area (Å²) in [6, 6.07) is 9.77. The number of carbonyl (C=O) groups excluding carboxylic acids is 1. The number of nitrogens with one attached hydrogen (secondary N) is 2. The molecule has 0 aliphatic rings. The molecule has 0 aliphatic heterocycles. The number of H-pyrrole nitrogens is 1.